The molecule has 78 valence electrons. The van der Waals surface area contributed by atoms with Crippen molar-refractivity contribution in [3.05, 3.63) is 41.5 Å². The minimum absolute atomic E-state index is 0.679. The maximum Gasteiger partial charge on any atom is 0.236 e. The van der Waals surface area contributed by atoms with E-state index >= 15 is 0 Å². The molecule has 0 aliphatic heterocycles. The third-order valence-corrected chi connectivity index (χ3v) is 2.95. The molecular weight excluding hydrogens is 208 g/mol. The largest absolute Gasteiger partial charge is 0.338 e. The average Bonchev–Trinajstić information content (AvgIpc) is 2.64. The van der Waals surface area contributed by atoms with Gasteiger partial charge in [0.25, 0.3) is 0 Å². The highest BCUT2D eigenvalue weighted by Crippen LogP contribution is 2.21. The number of thioether (sulfide) groups is 1. The summed E-state index contributed by atoms with van der Waals surface area (Å²) >= 11 is 1.70. The van der Waals surface area contributed by atoms with E-state index in [0.717, 1.165) is 5.75 Å². The topological polar surface area (TPSA) is 38.9 Å². The Labute approximate surface area is 92.9 Å². The molecule has 0 amide bonds. The zero-order valence-electron chi connectivity index (χ0n) is 8.73. The van der Waals surface area contributed by atoms with Crippen LogP contribution < -0.4 is 0 Å². The summed E-state index contributed by atoms with van der Waals surface area (Å²) in [7, 11) is 0. The standard InChI is InChI=1S/C11H12N2OS/c1-8-3-5-10(6-4-8)15-7-11-12-9(2)13-14-11/h3-6H,7H2,1-2H3. The predicted octanol–water partition coefficient (Wildman–Crippen LogP) is 2.98. The summed E-state index contributed by atoms with van der Waals surface area (Å²) in [6.07, 6.45) is 0. The molecule has 0 N–H and O–H groups in total. The lowest BCUT2D eigenvalue weighted by atomic mass is 10.2. The second kappa shape index (κ2) is 4.49. The van der Waals surface area contributed by atoms with E-state index in [2.05, 4.69) is 41.3 Å². The van der Waals surface area contributed by atoms with Gasteiger partial charge in [-0.15, -0.1) is 11.8 Å². The van der Waals surface area contributed by atoms with E-state index in [4.69, 9.17) is 4.52 Å². The van der Waals surface area contributed by atoms with E-state index in [1.54, 1.807) is 11.8 Å². The maximum absolute atomic E-state index is 5.03. The van der Waals surface area contributed by atoms with Crippen molar-refractivity contribution in [3.63, 3.8) is 0 Å². The summed E-state index contributed by atoms with van der Waals surface area (Å²) in [4.78, 5) is 5.36. The van der Waals surface area contributed by atoms with E-state index in [0.29, 0.717) is 11.7 Å². The second-order valence-electron chi connectivity index (χ2n) is 3.34. The summed E-state index contributed by atoms with van der Waals surface area (Å²) in [5, 5.41) is 3.74. The van der Waals surface area contributed by atoms with Crippen LogP contribution in [0.5, 0.6) is 0 Å². The molecule has 2 aromatic rings. The molecule has 0 bridgehead atoms. The Morgan fingerprint density at radius 3 is 2.53 bits per heavy atom. The molecule has 0 spiro atoms. The van der Waals surface area contributed by atoms with Gasteiger partial charge in [-0.25, -0.2) is 0 Å². The number of hydrogen-bond donors (Lipinski definition) is 0. The molecule has 0 radical (unpaired) electrons. The van der Waals surface area contributed by atoms with Crippen LogP contribution >= 0.6 is 11.8 Å². The number of rotatable bonds is 3. The molecule has 1 aromatic carbocycles. The highest BCUT2D eigenvalue weighted by Gasteiger charge is 2.02. The van der Waals surface area contributed by atoms with Gasteiger partial charge >= 0.3 is 0 Å². The van der Waals surface area contributed by atoms with Crippen molar-refractivity contribution in [1.82, 2.24) is 10.1 Å². The molecule has 4 heteroatoms. The minimum atomic E-state index is 0.679. The maximum atomic E-state index is 5.03. The summed E-state index contributed by atoms with van der Waals surface area (Å²) in [5.41, 5.74) is 1.27. The fourth-order valence-corrected chi connectivity index (χ4v) is 1.91. The van der Waals surface area contributed by atoms with Gasteiger partial charge in [0.2, 0.25) is 5.89 Å². The highest BCUT2D eigenvalue weighted by molar-refractivity contribution is 7.98. The number of hydrogen-bond acceptors (Lipinski definition) is 4. The summed E-state index contributed by atoms with van der Waals surface area (Å²) < 4.78 is 5.03. The number of nitrogens with zero attached hydrogens (tertiary/aromatic N) is 2. The van der Waals surface area contributed by atoms with Crippen LogP contribution in [-0.2, 0) is 5.75 Å². The second-order valence-corrected chi connectivity index (χ2v) is 4.39. The van der Waals surface area contributed by atoms with Gasteiger partial charge in [-0.2, -0.15) is 4.98 Å². The van der Waals surface area contributed by atoms with E-state index in [9.17, 15) is 0 Å². The summed E-state index contributed by atoms with van der Waals surface area (Å²) in [5.74, 6) is 2.09. The van der Waals surface area contributed by atoms with Crippen molar-refractivity contribution in [3.8, 4) is 0 Å². The first-order chi connectivity index (χ1) is 7.24. The lowest BCUT2D eigenvalue weighted by Gasteiger charge is -1.98. The van der Waals surface area contributed by atoms with Crippen molar-refractivity contribution in [2.24, 2.45) is 0 Å². The SMILES string of the molecule is Cc1ccc(SCc2nc(C)no2)cc1. The Morgan fingerprint density at radius 2 is 1.93 bits per heavy atom. The first kappa shape index (κ1) is 10.2. The van der Waals surface area contributed by atoms with E-state index in [-0.39, 0.29) is 0 Å². The number of benzene rings is 1. The van der Waals surface area contributed by atoms with Gasteiger partial charge in [0.05, 0.1) is 5.75 Å². The van der Waals surface area contributed by atoms with E-state index in [1.807, 2.05) is 6.92 Å². The highest BCUT2D eigenvalue weighted by atomic mass is 32.2. The van der Waals surface area contributed by atoms with Gasteiger partial charge in [-0.1, -0.05) is 22.9 Å². The van der Waals surface area contributed by atoms with Crippen LogP contribution in [-0.4, -0.2) is 10.1 Å². The third kappa shape index (κ3) is 2.83. The Bertz CT molecular complexity index is 436. The van der Waals surface area contributed by atoms with Gasteiger partial charge in [-0.3, -0.25) is 0 Å². The van der Waals surface area contributed by atoms with Crippen molar-refractivity contribution in [2.45, 2.75) is 24.5 Å². The van der Waals surface area contributed by atoms with Gasteiger partial charge in [0, 0.05) is 4.90 Å². The van der Waals surface area contributed by atoms with Crippen LogP contribution in [0.1, 0.15) is 17.3 Å². The molecule has 0 aliphatic rings. The number of aromatic nitrogens is 2. The molecule has 3 nitrogen and oxygen atoms in total. The molecular formula is C11H12N2OS. The van der Waals surface area contributed by atoms with Crippen molar-refractivity contribution >= 4 is 11.8 Å². The average molecular weight is 220 g/mol. The molecule has 1 aromatic heterocycles. The van der Waals surface area contributed by atoms with Crippen LogP contribution in [0.4, 0.5) is 0 Å². The summed E-state index contributed by atoms with van der Waals surface area (Å²) in [6, 6.07) is 8.40. The molecule has 0 aliphatic carbocycles. The van der Waals surface area contributed by atoms with Gasteiger partial charge in [0.1, 0.15) is 0 Å². The van der Waals surface area contributed by atoms with Crippen LogP contribution in [0, 0.1) is 13.8 Å². The fraction of sp³-hybridized carbons (Fsp3) is 0.273. The van der Waals surface area contributed by atoms with Crippen LogP contribution in [0.15, 0.2) is 33.7 Å². The lowest BCUT2D eigenvalue weighted by Crippen LogP contribution is -1.81. The summed E-state index contributed by atoms with van der Waals surface area (Å²) in [6.45, 7) is 3.90. The zero-order chi connectivity index (χ0) is 10.7. The molecule has 0 unspecified atom stereocenters. The van der Waals surface area contributed by atoms with Gasteiger partial charge in [-0.05, 0) is 26.0 Å². The predicted molar refractivity (Wildman–Crippen MR) is 59.8 cm³/mol. The molecule has 0 fully saturated rings. The third-order valence-electron chi connectivity index (χ3n) is 1.95. The molecule has 1 heterocycles. The number of aryl methyl sites for hydroxylation is 2. The first-order valence-corrected chi connectivity index (χ1v) is 5.71. The monoisotopic (exact) mass is 220 g/mol. The molecule has 0 atom stereocenters. The smallest absolute Gasteiger partial charge is 0.236 e. The fourth-order valence-electron chi connectivity index (χ4n) is 1.18. The van der Waals surface area contributed by atoms with Crippen molar-refractivity contribution < 1.29 is 4.52 Å². The zero-order valence-corrected chi connectivity index (χ0v) is 9.54. The van der Waals surface area contributed by atoms with Crippen LogP contribution in [0.2, 0.25) is 0 Å². The Kier molecular flexibility index (Phi) is 3.06. The van der Waals surface area contributed by atoms with Gasteiger partial charge < -0.3 is 4.52 Å². The van der Waals surface area contributed by atoms with E-state index in [1.165, 1.54) is 10.5 Å². The molecule has 0 saturated carbocycles. The first-order valence-electron chi connectivity index (χ1n) is 4.73. The van der Waals surface area contributed by atoms with E-state index < -0.39 is 0 Å². The van der Waals surface area contributed by atoms with Crippen molar-refractivity contribution in [2.75, 3.05) is 0 Å². The normalized spacial score (nSPS) is 10.5. The van der Waals surface area contributed by atoms with Crippen molar-refractivity contribution in [1.29, 1.82) is 0 Å². The Balaban J connectivity index is 1.96. The molecule has 2 rings (SSSR count). The minimum Gasteiger partial charge on any atom is -0.338 e. The quantitative estimate of drug-likeness (QED) is 0.745. The molecule has 0 saturated heterocycles. The van der Waals surface area contributed by atoms with Crippen LogP contribution in [0.3, 0.4) is 0 Å². The Morgan fingerprint density at radius 1 is 1.20 bits per heavy atom. The lowest BCUT2D eigenvalue weighted by molar-refractivity contribution is 0.387. The Hall–Kier alpha value is -1.29. The van der Waals surface area contributed by atoms with Crippen LogP contribution in [0.25, 0.3) is 0 Å². The van der Waals surface area contributed by atoms with Gasteiger partial charge in [0.15, 0.2) is 5.82 Å². The molecule has 15 heavy (non-hydrogen) atoms.